The molecular formula is C18H17ClN4O2. The summed E-state index contributed by atoms with van der Waals surface area (Å²) in [6.07, 6.45) is 0. The van der Waals surface area contributed by atoms with Gasteiger partial charge in [-0.05, 0) is 36.8 Å². The number of carbonyl (C=O) groups excluding carboxylic acids is 1. The fourth-order valence-electron chi connectivity index (χ4n) is 2.40. The molecule has 7 heteroatoms. The molecule has 0 saturated heterocycles. The van der Waals surface area contributed by atoms with Gasteiger partial charge in [0.2, 0.25) is 0 Å². The highest BCUT2D eigenvalue weighted by atomic mass is 35.5. The van der Waals surface area contributed by atoms with Crippen molar-refractivity contribution in [1.82, 2.24) is 20.3 Å². The second-order valence-electron chi connectivity index (χ2n) is 5.53. The summed E-state index contributed by atoms with van der Waals surface area (Å²) in [4.78, 5) is 13.9. The standard InChI is InChI=1S/C18H17ClN4O2/c1-12(13-5-3-2-4-6-13)20-18(25)17-16(11-24)21-23(22-17)15-9-7-14(19)8-10-15/h2-10,12,24H,11H2,1H3,(H,20,25)/t12-/m1/s1. The van der Waals surface area contributed by atoms with E-state index in [2.05, 4.69) is 15.5 Å². The van der Waals surface area contributed by atoms with E-state index in [0.29, 0.717) is 10.7 Å². The number of amides is 1. The monoisotopic (exact) mass is 356 g/mol. The highest BCUT2D eigenvalue weighted by molar-refractivity contribution is 6.30. The molecule has 0 radical (unpaired) electrons. The van der Waals surface area contributed by atoms with Crippen molar-refractivity contribution in [2.24, 2.45) is 0 Å². The maximum atomic E-state index is 12.5. The van der Waals surface area contributed by atoms with Crippen LogP contribution < -0.4 is 5.32 Å². The molecule has 0 bridgehead atoms. The van der Waals surface area contributed by atoms with Crippen LogP contribution in [0.2, 0.25) is 5.02 Å². The van der Waals surface area contributed by atoms with E-state index in [1.54, 1.807) is 24.3 Å². The molecular weight excluding hydrogens is 340 g/mol. The number of aliphatic hydroxyl groups is 1. The average Bonchev–Trinajstić information content (AvgIpc) is 3.07. The van der Waals surface area contributed by atoms with Crippen molar-refractivity contribution in [1.29, 1.82) is 0 Å². The number of nitrogens with zero attached hydrogens (tertiary/aromatic N) is 3. The molecule has 1 atom stereocenters. The van der Waals surface area contributed by atoms with Gasteiger partial charge in [0.25, 0.3) is 5.91 Å². The van der Waals surface area contributed by atoms with Crippen molar-refractivity contribution >= 4 is 17.5 Å². The van der Waals surface area contributed by atoms with Gasteiger partial charge in [-0.3, -0.25) is 4.79 Å². The summed E-state index contributed by atoms with van der Waals surface area (Å²) in [5.74, 6) is -0.388. The van der Waals surface area contributed by atoms with Gasteiger partial charge in [0.1, 0.15) is 5.69 Å². The van der Waals surface area contributed by atoms with E-state index in [-0.39, 0.29) is 29.9 Å². The third-order valence-electron chi connectivity index (χ3n) is 3.75. The quantitative estimate of drug-likeness (QED) is 0.736. The Labute approximate surface area is 150 Å². The number of carbonyl (C=O) groups is 1. The number of benzene rings is 2. The second kappa shape index (κ2) is 7.46. The van der Waals surface area contributed by atoms with Crippen molar-refractivity contribution in [3.8, 4) is 5.69 Å². The largest absolute Gasteiger partial charge is 0.390 e. The normalized spacial score (nSPS) is 12.0. The molecule has 0 aliphatic rings. The van der Waals surface area contributed by atoms with Crippen LogP contribution in [0.4, 0.5) is 0 Å². The Balaban J connectivity index is 1.83. The topological polar surface area (TPSA) is 80.0 Å². The van der Waals surface area contributed by atoms with E-state index < -0.39 is 0 Å². The Morgan fingerprint density at radius 1 is 1.16 bits per heavy atom. The Morgan fingerprint density at radius 3 is 2.48 bits per heavy atom. The van der Waals surface area contributed by atoms with Gasteiger partial charge in [-0.15, -0.1) is 10.2 Å². The molecule has 0 aliphatic heterocycles. The molecule has 0 aliphatic carbocycles. The van der Waals surface area contributed by atoms with Crippen LogP contribution in [-0.4, -0.2) is 26.0 Å². The van der Waals surface area contributed by atoms with Crippen molar-refractivity contribution in [2.45, 2.75) is 19.6 Å². The van der Waals surface area contributed by atoms with Crippen LogP contribution >= 0.6 is 11.6 Å². The van der Waals surface area contributed by atoms with Gasteiger partial charge in [-0.2, -0.15) is 4.80 Å². The minimum atomic E-state index is -0.388. The number of aliphatic hydroxyl groups excluding tert-OH is 1. The molecule has 1 aromatic heterocycles. The number of nitrogens with one attached hydrogen (secondary N) is 1. The summed E-state index contributed by atoms with van der Waals surface area (Å²) in [7, 11) is 0. The molecule has 0 unspecified atom stereocenters. The lowest BCUT2D eigenvalue weighted by Crippen LogP contribution is -2.28. The van der Waals surface area contributed by atoms with Crippen molar-refractivity contribution in [2.75, 3.05) is 0 Å². The molecule has 0 saturated carbocycles. The average molecular weight is 357 g/mol. The Morgan fingerprint density at radius 2 is 1.84 bits per heavy atom. The highest BCUT2D eigenvalue weighted by Gasteiger charge is 2.20. The maximum absolute atomic E-state index is 12.5. The number of hydrogen-bond acceptors (Lipinski definition) is 4. The van der Waals surface area contributed by atoms with Crippen LogP contribution in [0.1, 0.15) is 34.7 Å². The molecule has 2 N–H and O–H groups in total. The van der Waals surface area contributed by atoms with Gasteiger partial charge < -0.3 is 10.4 Å². The smallest absolute Gasteiger partial charge is 0.274 e. The van der Waals surface area contributed by atoms with E-state index in [0.717, 1.165) is 5.56 Å². The van der Waals surface area contributed by atoms with Gasteiger partial charge in [0.05, 0.1) is 18.3 Å². The van der Waals surface area contributed by atoms with Crippen LogP contribution in [0.15, 0.2) is 54.6 Å². The lowest BCUT2D eigenvalue weighted by Gasteiger charge is -2.13. The summed E-state index contributed by atoms with van der Waals surface area (Å²) < 4.78 is 0. The van der Waals surface area contributed by atoms with Crippen molar-refractivity contribution < 1.29 is 9.90 Å². The predicted octanol–water partition coefficient (Wildman–Crippen LogP) is 2.90. The van der Waals surface area contributed by atoms with Crippen molar-refractivity contribution in [3.05, 3.63) is 76.6 Å². The highest BCUT2D eigenvalue weighted by Crippen LogP contribution is 2.15. The van der Waals surface area contributed by atoms with Crippen LogP contribution in [0.3, 0.4) is 0 Å². The zero-order chi connectivity index (χ0) is 17.8. The molecule has 3 rings (SSSR count). The van der Waals surface area contributed by atoms with Crippen molar-refractivity contribution in [3.63, 3.8) is 0 Å². The number of hydrogen-bond donors (Lipinski definition) is 2. The number of halogens is 1. The zero-order valence-electron chi connectivity index (χ0n) is 13.6. The minimum Gasteiger partial charge on any atom is -0.390 e. The number of rotatable bonds is 5. The summed E-state index contributed by atoms with van der Waals surface area (Å²) in [5, 5.41) is 21.4. The third kappa shape index (κ3) is 3.87. The first-order chi connectivity index (χ1) is 12.1. The Hall–Kier alpha value is -2.70. The SMILES string of the molecule is C[C@@H](NC(=O)c1nn(-c2ccc(Cl)cc2)nc1CO)c1ccccc1. The first kappa shape index (κ1) is 17.1. The van der Waals surface area contributed by atoms with Crippen LogP contribution in [0, 0.1) is 0 Å². The fraction of sp³-hybridized carbons (Fsp3) is 0.167. The summed E-state index contributed by atoms with van der Waals surface area (Å²) in [6, 6.07) is 16.3. The van der Waals surface area contributed by atoms with Crippen LogP contribution in [0.25, 0.3) is 5.69 Å². The molecule has 25 heavy (non-hydrogen) atoms. The van der Waals surface area contributed by atoms with E-state index in [9.17, 15) is 9.90 Å². The summed E-state index contributed by atoms with van der Waals surface area (Å²) in [5.41, 5.74) is 1.94. The van der Waals surface area contributed by atoms with E-state index in [4.69, 9.17) is 11.6 Å². The van der Waals surface area contributed by atoms with Gasteiger partial charge in [0, 0.05) is 5.02 Å². The predicted molar refractivity (Wildman–Crippen MR) is 94.6 cm³/mol. The second-order valence-corrected chi connectivity index (χ2v) is 5.96. The minimum absolute atomic E-state index is 0.0974. The Kier molecular flexibility index (Phi) is 5.11. The molecule has 6 nitrogen and oxygen atoms in total. The molecule has 0 spiro atoms. The van der Waals surface area contributed by atoms with E-state index in [1.165, 1.54) is 4.80 Å². The molecule has 3 aromatic rings. The van der Waals surface area contributed by atoms with Crippen LogP contribution in [0.5, 0.6) is 0 Å². The van der Waals surface area contributed by atoms with Gasteiger partial charge in [-0.25, -0.2) is 0 Å². The lowest BCUT2D eigenvalue weighted by molar-refractivity contribution is 0.0931. The molecule has 2 aromatic carbocycles. The van der Waals surface area contributed by atoms with Gasteiger partial charge in [0.15, 0.2) is 5.69 Å². The van der Waals surface area contributed by atoms with E-state index >= 15 is 0 Å². The molecule has 1 heterocycles. The lowest BCUT2D eigenvalue weighted by atomic mass is 10.1. The summed E-state index contributed by atoms with van der Waals surface area (Å²) >= 11 is 5.87. The Bertz CT molecular complexity index is 863. The zero-order valence-corrected chi connectivity index (χ0v) is 14.3. The fourth-order valence-corrected chi connectivity index (χ4v) is 2.53. The number of aromatic nitrogens is 3. The van der Waals surface area contributed by atoms with Gasteiger partial charge >= 0.3 is 0 Å². The first-order valence-electron chi connectivity index (χ1n) is 7.77. The third-order valence-corrected chi connectivity index (χ3v) is 4.01. The molecule has 1 amide bonds. The summed E-state index contributed by atoms with van der Waals surface area (Å²) in [6.45, 7) is 1.51. The van der Waals surface area contributed by atoms with Crippen LogP contribution in [-0.2, 0) is 6.61 Å². The molecule has 0 fully saturated rings. The van der Waals surface area contributed by atoms with E-state index in [1.807, 2.05) is 37.3 Å². The maximum Gasteiger partial charge on any atom is 0.274 e. The molecule has 128 valence electrons. The first-order valence-corrected chi connectivity index (χ1v) is 8.15. The van der Waals surface area contributed by atoms with Gasteiger partial charge in [-0.1, -0.05) is 41.9 Å².